The molecule has 92 valence electrons. The van der Waals surface area contributed by atoms with Gasteiger partial charge in [-0.2, -0.15) is 0 Å². The van der Waals surface area contributed by atoms with Crippen LogP contribution in [0.1, 0.15) is 12.8 Å². The molecule has 0 aliphatic rings. The molecular formula is C11H12BrNO4. The summed E-state index contributed by atoms with van der Waals surface area (Å²) in [6, 6.07) is 6.10. The van der Waals surface area contributed by atoms with Gasteiger partial charge in [-0.25, -0.2) is 4.79 Å². The maximum atomic E-state index is 10.9. The Kier molecular flexibility index (Phi) is 4.96. The highest BCUT2D eigenvalue weighted by atomic mass is 79.9. The van der Waals surface area contributed by atoms with Gasteiger partial charge in [0, 0.05) is 16.6 Å². The lowest BCUT2D eigenvalue weighted by atomic mass is 10.1. The molecule has 17 heavy (non-hydrogen) atoms. The van der Waals surface area contributed by atoms with E-state index in [1.807, 2.05) is 0 Å². The quantitative estimate of drug-likeness (QED) is 0.750. The molecule has 0 radical (unpaired) electrons. The molecule has 0 amide bonds. The summed E-state index contributed by atoms with van der Waals surface area (Å²) in [6.07, 6.45) is -0.138. The molecular weight excluding hydrogens is 290 g/mol. The first-order valence-electron chi connectivity index (χ1n) is 4.95. The maximum absolute atomic E-state index is 10.9. The van der Waals surface area contributed by atoms with Crippen molar-refractivity contribution in [3.8, 4) is 0 Å². The summed E-state index contributed by atoms with van der Waals surface area (Å²) in [5.74, 6) is -2.07. The van der Waals surface area contributed by atoms with Crippen LogP contribution in [0.15, 0.2) is 28.7 Å². The van der Waals surface area contributed by atoms with Crippen molar-refractivity contribution in [1.29, 1.82) is 0 Å². The van der Waals surface area contributed by atoms with Crippen LogP contribution in [-0.2, 0) is 9.59 Å². The number of anilines is 1. The van der Waals surface area contributed by atoms with E-state index >= 15 is 0 Å². The van der Waals surface area contributed by atoms with Gasteiger partial charge in [-0.15, -0.1) is 0 Å². The van der Waals surface area contributed by atoms with E-state index in [-0.39, 0.29) is 12.8 Å². The minimum atomic E-state index is -1.06. The fourth-order valence-corrected chi connectivity index (χ4v) is 1.54. The molecule has 0 bridgehead atoms. The molecule has 0 fully saturated rings. The van der Waals surface area contributed by atoms with Gasteiger partial charge in [0.2, 0.25) is 0 Å². The fraction of sp³-hybridized carbons (Fsp3) is 0.273. The summed E-state index contributed by atoms with van der Waals surface area (Å²) in [6.45, 7) is 0. The molecule has 1 aromatic rings. The first-order chi connectivity index (χ1) is 7.99. The third-order valence-corrected chi connectivity index (χ3v) is 2.66. The number of benzene rings is 1. The molecule has 6 heteroatoms. The van der Waals surface area contributed by atoms with E-state index in [9.17, 15) is 9.59 Å². The Bertz CT molecular complexity index is 404. The van der Waals surface area contributed by atoms with Gasteiger partial charge < -0.3 is 15.5 Å². The smallest absolute Gasteiger partial charge is 0.326 e. The normalized spacial score (nSPS) is 11.8. The number of hydrogen-bond donors (Lipinski definition) is 3. The van der Waals surface area contributed by atoms with Gasteiger partial charge in [0.15, 0.2) is 0 Å². The molecule has 5 nitrogen and oxygen atoms in total. The number of aliphatic carboxylic acids is 2. The fourth-order valence-electron chi connectivity index (χ4n) is 1.27. The van der Waals surface area contributed by atoms with Crippen molar-refractivity contribution in [2.45, 2.75) is 18.9 Å². The molecule has 0 aliphatic heterocycles. The van der Waals surface area contributed by atoms with Crippen LogP contribution in [0.25, 0.3) is 0 Å². The third-order valence-electron chi connectivity index (χ3n) is 2.13. The number of hydrogen-bond acceptors (Lipinski definition) is 3. The summed E-state index contributed by atoms with van der Waals surface area (Å²) in [5.41, 5.74) is 0.644. The lowest BCUT2D eigenvalue weighted by Crippen LogP contribution is -2.29. The summed E-state index contributed by atoms with van der Waals surface area (Å²) in [4.78, 5) is 21.3. The van der Waals surface area contributed by atoms with Gasteiger partial charge in [0.25, 0.3) is 0 Å². The number of rotatable bonds is 6. The zero-order valence-corrected chi connectivity index (χ0v) is 10.5. The van der Waals surface area contributed by atoms with Gasteiger partial charge >= 0.3 is 11.9 Å². The van der Waals surface area contributed by atoms with E-state index in [1.54, 1.807) is 24.3 Å². The molecule has 0 saturated heterocycles. The Balaban J connectivity index is 2.63. The van der Waals surface area contributed by atoms with E-state index in [0.717, 1.165) is 4.47 Å². The molecule has 0 aromatic heterocycles. The average Bonchev–Trinajstić information content (AvgIpc) is 2.26. The Morgan fingerprint density at radius 1 is 1.24 bits per heavy atom. The predicted octanol–water partition coefficient (Wildman–Crippen LogP) is 2.18. The summed E-state index contributed by atoms with van der Waals surface area (Å²) in [5, 5.41) is 20.2. The van der Waals surface area contributed by atoms with Crippen LogP contribution >= 0.6 is 15.9 Å². The zero-order valence-electron chi connectivity index (χ0n) is 8.89. The van der Waals surface area contributed by atoms with Crippen LogP contribution in [0.5, 0.6) is 0 Å². The predicted molar refractivity (Wildman–Crippen MR) is 66.1 cm³/mol. The number of nitrogens with one attached hydrogen (secondary N) is 1. The van der Waals surface area contributed by atoms with Gasteiger partial charge in [0.05, 0.1) is 0 Å². The summed E-state index contributed by atoms with van der Waals surface area (Å²) < 4.78 is 0.889. The van der Waals surface area contributed by atoms with Crippen molar-refractivity contribution in [3.05, 3.63) is 28.7 Å². The molecule has 3 N–H and O–H groups in total. The maximum Gasteiger partial charge on any atom is 0.326 e. The second kappa shape index (κ2) is 6.24. The van der Waals surface area contributed by atoms with Gasteiger partial charge in [0.1, 0.15) is 6.04 Å². The molecule has 1 aromatic carbocycles. The molecule has 1 rings (SSSR count). The van der Waals surface area contributed by atoms with Crippen LogP contribution in [0, 0.1) is 0 Å². The first-order valence-corrected chi connectivity index (χ1v) is 5.75. The van der Waals surface area contributed by atoms with Crippen molar-refractivity contribution in [2.75, 3.05) is 5.32 Å². The highest BCUT2D eigenvalue weighted by Crippen LogP contribution is 2.16. The lowest BCUT2D eigenvalue weighted by molar-refractivity contribution is -0.139. The Hall–Kier alpha value is -1.56. The molecule has 1 unspecified atom stereocenters. The first kappa shape index (κ1) is 13.5. The largest absolute Gasteiger partial charge is 0.481 e. The minimum Gasteiger partial charge on any atom is -0.481 e. The van der Waals surface area contributed by atoms with Crippen molar-refractivity contribution in [1.82, 2.24) is 0 Å². The molecule has 0 aliphatic carbocycles. The van der Waals surface area contributed by atoms with Crippen molar-refractivity contribution >= 4 is 33.6 Å². The second-order valence-electron chi connectivity index (χ2n) is 3.47. The Morgan fingerprint density at radius 3 is 2.29 bits per heavy atom. The van der Waals surface area contributed by atoms with E-state index in [1.165, 1.54) is 0 Å². The highest BCUT2D eigenvalue weighted by molar-refractivity contribution is 9.10. The van der Waals surface area contributed by atoms with Gasteiger partial charge in [-0.3, -0.25) is 4.79 Å². The van der Waals surface area contributed by atoms with Crippen LogP contribution in [0.2, 0.25) is 0 Å². The Morgan fingerprint density at radius 2 is 1.82 bits per heavy atom. The van der Waals surface area contributed by atoms with E-state index in [4.69, 9.17) is 10.2 Å². The SMILES string of the molecule is O=C(O)CCC(Nc1ccc(Br)cc1)C(=O)O. The van der Waals surface area contributed by atoms with Crippen LogP contribution < -0.4 is 5.32 Å². The molecule has 0 spiro atoms. The van der Waals surface area contributed by atoms with Crippen LogP contribution in [0.3, 0.4) is 0 Å². The van der Waals surface area contributed by atoms with Crippen LogP contribution in [-0.4, -0.2) is 28.2 Å². The lowest BCUT2D eigenvalue weighted by Gasteiger charge is -2.14. The van der Waals surface area contributed by atoms with Crippen molar-refractivity contribution < 1.29 is 19.8 Å². The highest BCUT2D eigenvalue weighted by Gasteiger charge is 2.18. The summed E-state index contributed by atoms with van der Waals surface area (Å²) in [7, 11) is 0. The second-order valence-corrected chi connectivity index (χ2v) is 4.39. The van der Waals surface area contributed by atoms with Crippen molar-refractivity contribution in [3.63, 3.8) is 0 Å². The van der Waals surface area contributed by atoms with Crippen molar-refractivity contribution in [2.24, 2.45) is 0 Å². The number of carboxylic acid groups (broad SMARTS) is 2. The van der Waals surface area contributed by atoms with Gasteiger partial charge in [-0.05, 0) is 30.7 Å². The standard InChI is InChI=1S/C11H12BrNO4/c12-7-1-3-8(4-2-7)13-9(11(16)17)5-6-10(14)15/h1-4,9,13H,5-6H2,(H,14,15)(H,16,17). The van der Waals surface area contributed by atoms with E-state index < -0.39 is 18.0 Å². The monoisotopic (exact) mass is 301 g/mol. The number of carbonyl (C=O) groups is 2. The van der Waals surface area contributed by atoms with E-state index in [2.05, 4.69) is 21.2 Å². The van der Waals surface area contributed by atoms with E-state index in [0.29, 0.717) is 5.69 Å². The summed E-state index contributed by atoms with van der Waals surface area (Å²) >= 11 is 3.27. The number of carboxylic acids is 2. The zero-order chi connectivity index (χ0) is 12.8. The molecule has 0 saturated carbocycles. The van der Waals surface area contributed by atoms with Gasteiger partial charge in [-0.1, -0.05) is 15.9 Å². The molecule has 0 heterocycles. The third kappa shape index (κ3) is 4.86. The number of halogens is 1. The average molecular weight is 302 g/mol. The Labute approximate surface area is 107 Å². The van der Waals surface area contributed by atoms with Crippen LogP contribution in [0.4, 0.5) is 5.69 Å². The topological polar surface area (TPSA) is 86.6 Å². The molecule has 1 atom stereocenters. The minimum absolute atomic E-state index is 0.0424.